The molecule has 3 N–H and O–H groups in total. The summed E-state index contributed by atoms with van der Waals surface area (Å²) in [5.41, 5.74) is 7.97. The first-order valence-electron chi connectivity index (χ1n) is 7.12. The second-order valence-electron chi connectivity index (χ2n) is 6.08. The minimum absolute atomic E-state index is 0.239. The van der Waals surface area contributed by atoms with Crippen LogP contribution in [0.4, 0.5) is 5.69 Å². The number of oxime groups is 1. The first-order valence-corrected chi connectivity index (χ1v) is 7.12. The van der Waals surface area contributed by atoms with E-state index in [2.05, 4.69) is 48.3 Å². The summed E-state index contributed by atoms with van der Waals surface area (Å²) in [7, 11) is 2.11. The highest BCUT2D eigenvalue weighted by Crippen LogP contribution is 2.23. The molecule has 0 fully saturated rings. The second kappa shape index (κ2) is 7.17. The molecule has 0 spiro atoms. The third kappa shape index (κ3) is 4.76. The van der Waals surface area contributed by atoms with Gasteiger partial charge in [-0.25, -0.2) is 0 Å². The van der Waals surface area contributed by atoms with Gasteiger partial charge in [0.25, 0.3) is 0 Å². The first-order chi connectivity index (χ1) is 9.36. The fraction of sp³-hybridized carbons (Fsp3) is 0.562. The molecule has 0 saturated carbocycles. The molecule has 0 saturated heterocycles. The zero-order valence-corrected chi connectivity index (χ0v) is 13.1. The van der Waals surface area contributed by atoms with Gasteiger partial charge >= 0.3 is 0 Å². The van der Waals surface area contributed by atoms with E-state index in [1.165, 1.54) is 11.3 Å². The minimum Gasteiger partial charge on any atom is -0.409 e. The quantitative estimate of drug-likeness (QED) is 0.264. The van der Waals surface area contributed by atoms with Gasteiger partial charge in [-0.1, -0.05) is 43.1 Å². The summed E-state index contributed by atoms with van der Waals surface area (Å²) in [5, 5.41) is 11.9. The molecule has 0 unspecified atom stereocenters. The van der Waals surface area contributed by atoms with Crippen molar-refractivity contribution >= 4 is 11.5 Å². The zero-order valence-electron chi connectivity index (χ0n) is 13.1. The maximum Gasteiger partial charge on any atom is 0.144 e. The van der Waals surface area contributed by atoms with Gasteiger partial charge in [0.1, 0.15) is 5.84 Å². The number of hydrogen-bond acceptors (Lipinski definition) is 3. The van der Waals surface area contributed by atoms with Crippen molar-refractivity contribution in [1.29, 1.82) is 0 Å². The Bertz CT molecular complexity index is 438. The van der Waals surface area contributed by atoms with Crippen molar-refractivity contribution in [1.82, 2.24) is 0 Å². The molecular weight excluding hydrogens is 250 g/mol. The van der Waals surface area contributed by atoms with E-state index in [9.17, 15) is 0 Å². The third-order valence-electron chi connectivity index (χ3n) is 3.82. The third-order valence-corrected chi connectivity index (χ3v) is 3.82. The number of benzene rings is 1. The van der Waals surface area contributed by atoms with Gasteiger partial charge < -0.3 is 15.8 Å². The molecule has 1 rings (SSSR count). The summed E-state index contributed by atoms with van der Waals surface area (Å²) < 4.78 is 0. The molecular formula is C16H27N3O. The Balaban J connectivity index is 2.36. The minimum atomic E-state index is -0.239. The Kier molecular flexibility index (Phi) is 5.86. The SMILES string of the molecule is Cc1ccc(N(C)CCCCC(C)(C)/C(N)=N/O)cc1. The van der Waals surface area contributed by atoms with E-state index in [4.69, 9.17) is 10.9 Å². The highest BCUT2D eigenvalue weighted by Gasteiger charge is 2.22. The van der Waals surface area contributed by atoms with Crippen molar-refractivity contribution in [2.75, 3.05) is 18.5 Å². The number of nitrogens with zero attached hydrogens (tertiary/aromatic N) is 2. The number of aryl methyl sites for hydroxylation is 1. The number of rotatable bonds is 7. The predicted molar refractivity (Wildman–Crippen MR) is 85.5 cm³/mol. The number of unbranched alkanes of at least 4 members (excludes halogenated alkanes) is 1. The molecule has 0 bridgehead atoms. The van der Waals surface area contributed by atoms with Crippen LogP contribution in [-0.4, -0.2) is 24.6 Å². The average molecular weight is 277 g/mol. The summed E-state index contributed by atoms with van der Waals surface area (Å²) >= 11 is 0. The van der Waals surface area contributed by atoms with Gasteiger partial charge in [-0.3, -0.25) is 0 Å². The molecule has 4 nitrogen and oxygen atoms in total. The maximum atomic E-state index is 8.74. The summed E-state index contributed by atoms with van der Waals surface area (Å²) in [6.45, 7) is 7.12. The maximum absolute atomic E-state index is 8.74. The summed E-state index contributed by atoms with van der Waals surface area (Å²) in [4.78, 5) is 2.26. The van der Waals surface area contributed by atoms with Crippen LogP contribution in [0.1, 0.15) is 38.7 Å². The van der Waals surface area contributed by atoms with Crippen LogP contribution in [0.15, 0.2) is 29.4 Å². The Morgan fingerprint density at radius 1 is 1.25 bits per heavy atom. The van der Waals surface area contributed by atoms with Crippen LogP contribution in [-0.2, 0) is 0 Å². The van der Waals surface area contributed by atoms with Crippen LogP contribution >= 0.6 is 0 Å². The van der Waals surface area contributed by atoms with Crippen LogP contribution in [0.3, 0.4) is 0 Å². The summed E-state index contributed by atoms with van der Waals surface area (Å²) in [5.74, 6) is 0.310. The lowest BCUT2D eigenvalue weighted by molar-refractivity contribution is 0.304. The highest BCUT2D eigenvalue weighted by atomic mass is 16.4. The Labute approximate surface area is 122 Å². The average Bonchev–Trinajstić information content (AvgIpc) is 2.43. The molecule has 4 heteroatoms. The van der Waals surface area contributed by atoms with Crippen molar-refractivity contribution in [2.24, 2.45) is 16.3 Å². The monoisotopic (exact) mass is 277 g/mol. The van der Waals surface area contributed by atoms with Crippen molar-refractivity contribution in [3.05, 3.63) is 29.8 Å². The molecule has 0 atom stereocenters. The van der Waals surface area contributed by atoms with Crippen molar-refractivity contribution in [3.63, 3.8) is 0 Å². The fourth-order valence-corrected chi connectivity index (χ4v) is 2.11. The Hall–Kier alpha value is -1.71. The predicted octanol–water partition coefficient (Wildman–Crippen LogP) is 3.37. The van der Waals surface area contributed by atoms with Crippen LogP contribution in [0, 0.1) is 12.3 Å². The van der Waals surface area contributed by atoms with Gasteiger partial charge in [0, 0.05) is 24.7 Å². The molecule has 112 valence electrons. The smallest absolute Gasteiger partial charge is 0.144 e. The lowest BCUT2D eigenvalue weighted by Crippen LogP contribution is -2.32. The van der Waals surface area contributed by atoms with Crippen LogP contribution in [0.5, 0.6) is 0 Å². The van der Waals surface area contributed by atoms with Crippen molar-refractivity contribution in [3.8, 4) is 0 Å². The number of amidine groups is 1. The van der Waals surface area contributed by atoms with E-state index in [1.807, 2.05) is 13.8 Å². The van der Waals surface area contributed by atoms with Gasteiger partial charge in [0.2, 0.25) is 0 Å². The van der Waals surface area contributed by atoms with Gasteiger partial charge in [-0.2, -0.15) is 0 Å². The normalized spacial score (nSPS) is 12.5. The molecule has 0 amide bonds. The lowest BCUT2D eigenvalue weighted by atomic mass is 9.86. The number of nitrogens with two attached hydrogens (primary N) is 1. The van der Waals surface area contributed by atoms with Gasteiger partial charge in [0.15, 0.2) is 0 Å². The van der Waals surface area contributed by atoms with Gasteiger partial charge in [0.05, 0.1) is 0 Å². The summed E-state index contributed by atoms with van der Waals surface area (Å²) in [6, 6.07) is 8.56. The van der Waals surface area contributed by atoms with E-state index >= 15 is 0 Å². The number of hydrogen-bond donors (Lipinski definition) is 2. The Morgan fingerprint density at radius 3 is 2.40 bits per heavy atom. The standard InChI is InChI=1S/C16H27N3O/c1-13-7-9-14(10-8-13)19(4)12-6-5-11-16(2,3)15(17)18-20/h7-10,20H,5-6,11-12H2,1-4H3,(H2,17,18). The van der Waals surface area contributed by atoms with Crippen molar-refractivity contribution in [2.45, 2.75) is 40.0 Å². The molecule has 0 aromatic heterocycles. The second-order valence-corrected chi connectivity index (χ2v) is 6.08. The fourth-order valence-electron chi connectivity index (χ4n) is 2.11. The van der Waals surface area contributed by atoms with Gasteiger partial charge in [-0.15, -0.1) is 0 Å². The van der Waals surface area contributed by atoms with Crippen LogP contribution in [0.25, 0.3) is 0 Å². The number of anilines is 1. The van der Waals surface area contributed by atoms with Crippen LogP contribution in [0.2, 0.25) is 0 Å². The molecule has 0 heterocycles. The van der Waals surface area contributed by atoms with Crippen LogP contribution < -0.4 is 10.6 Å². The largest absolute Gasteiger partial charge is 0.409 e. The lowest BCUT2D eigenvalue weighted by Gasteiger charge is -2.24. The summed E-state index contributed by atoms with van der Waals surface area (Å²) in [6.07, 6.45) is 3.07. The molecule has 0 aliphatic heterocycles. The molecule has 1 aromatic carbocycles. The first kappa shape index (κ1) is 16.3. The van der Waals surface area contributed by atoms with E-state index in [0.717, 1.165) is 25.8 Å². The molecule has 0 aliphatic carbocycles. The van der Waals surface area contributed by atoms with Crippen molar-refractivity contribution < 1.29 is 5.21 Å². The van der Waals surface area contributed by atoms with E-state index in [0.29, 0.717) is 5.84 Å². The molecule has 20 heavy (non-hydrogen) atoms. The van der Waals surface area contributed by atoms with Gasteiger partial charge in [-0.05, 0) is 31.9 Å². The van der Waals surface area contributed by atoms with E-state index in [1.54, 1.807) is 0 Å². The topological polar surface area (TPSA) is 61.8 Å². The Morgan fingerprint density at radius 2 is 1.85 bits per heavy atom. The van der Waals surface area contributed by atoms with E-state index in [-0.39, 0.29) is 5.41 Å². The molecule has 0 radical (unpaired) electrons. The molecule has 0 aliphatic rings. The zero-order chi connectivity index (χ0) is 15.2. The highest BCUT2D eigenvalue weighted by molar-refractivity contribution is 5.85. The van der Waals surface area contributed by atoms with E-state index < -0.39 is 0 Å². The molecule has 1 aromatic rings.